The Labute approximate surface area is 155 Å². The fourth-order valence-electron chi connectivity index (χ4n) is 2.60. The number of hydrogen-bond acceptors (Lipinski definition) is 4. The van der Waals surface area contributed by atoms with Crippen LogP contribution in [-0.2, 0) is 15.0 Å². The molecule has 0 aliphatic carbocycles. The Morgan fingerprint density at radius 3 is 2.30 bits per heavy atom. The van der Waals surface area contributed by atoms with Gasteiger partial charge in [-0.1, -0.05) is 12.1 Å². The Balaban J connectivity index is 1.81. The third kappa shape index (κ3) is 3.27. The summed E-state index contributed by atoms with van der Waals surface area (Å²) in [5, 5.41) is 2.34. The van der Waals surface area contributed by atoms with E-state index >= 15 is 0 Å². The molecule has 0 bridgehead atoms. The molecular formula is C17H17F2N3O4S. The van der Waals surface area contributed by atoms with Gasteiger partial charge >= 0.3 is 10.2 Å². The van der Waals surface area contributed by atoms with Crippen LogP contribution in [-0.4, -0.2) is 34.5 Å². The third-order valence-electron chi connectivity index (χ3n) is 4.20. The summed E-state index contributed by atoms with van der Waals surface area (Å²) in [6, 6.07) is 7.83. The second-order valence-electron chi connectivity index (χ2n) is 5.94. The molecule has 1 heterocycles. The van der Waals surface area contributed by atoms with Gasteiger partial charge in [0.15, 0.2) is 17.7 Å². The third-order valence-corrected chi connectivity index (χ3v) is 5.98. The first-order chi connectivity index (χ1) is 12.6. The van der Waals surface area contributed by atoms with Gasteiger partial charge in [0, 0.05) is 20.2 Å². The molecule has 0 aromatic heterocycles. The number of benzene rings is 2. The van der Waals surface area contributed by atoms with E-state index in [1.165, 1.54) is 45.3 Å². The molecule has 0 unspecified atom stereocenters. The molecule has 144 valence electrons. The molecule has 0 saturated heterocycles. The van der Waals surface area contributed by atoms with E-state index < -0.39 is 33.9 Å². The van der Waals surface area contributed by atoms with Crippen LogP contribution in [0.5, 0.6) is 5.75 Å². The van der Waals surface area contributed by atoms with E-state index in [1.807, 2.05) is 0 Å². The Morgan fingerprint density at radius 2 is 1.67 bits per heavy atom. The zero-order valence-electron chi connectivity index (χ0n) is 14.7. The molecule has 3 rings (SSSR count). The zero-order chi connectivity index (χ0) is 19.9. The van der Waals surface area contributed by atoms with Crippen molar-refractivity contribution in [1.82, 2.24) is 0 Å². The number of anilines is 3. The van der Waals surface area contributed by atoms with Crippen molar-refractivity contribution in [2.75, 3.05) is 28.0 Å². The summed E-state index contributed by atoms with van der Waals surface area (Å²) in [6.07, 6.45) is -1.11. The predicted octanol–water partition coefficient (Wildman–Crippen LogP) is 2.50. The van der Waals surface area contributed by atoms with E-state index in [2.05, 4.69) is 5.32 Å². The van der Waals surface area contributed by atoms with Crippen LogP contribution in [0.4, 0.5) is 25.8 Å². The van der Waals surface area contributed by atoms with Gasteiger partial charge in [-0.15, -0.1) is 0 Å². The van der Waals surface area contributed by atoms with Crippen LogP contribution in [0.3, 0.4) is 0 Å². The smallest absolute Gasteiger partial charge is 0.326 e. The second kappa shape index (κ2) is 6.69. The first-order valence-corrected chi connectivity index (χ1v) is 9.31. The summed E-state index contributed by atoms with van der Waals surface area (Å²) in [5.41, 5.74) is 0.167. The highest BCUT2D eigenvalue weighted by molar-refractivity contribution is 7.94. The molecular weight excluding hydrogens is 380 g/mol. The van der Waals surface area contributed by atoms with Crippen LogP contribution >= 0.6 is 0 Å². The van der Waals surface area contributed by atoms with Crippen molar-refractivity contribution >= 4 is 33.2 Å². The Kier molecular flexibility index (Phi) is 4.68. The molecule has 1 aliphatic rings. The number of fused-ring (bicyclic) bond motifs is 1. The Morgan fingerprint density at radius 1 is 1.07 bits per heavy atom. The number of para-hydroxylation sites is 1. The lowest BCUT2D eigenvalue weighted by Gasteiger charge is -2.16. The number of ether oxygens (including phenoxy) is 1. The average Bonchev–Trinajstić information content (AvgIpc) is 2.78. The second-order valence-corrected chi connectivity index (χ2v) is 7.93. The number of carbonyl (C=O) groups excluding carboxylic acids is 1. The Hall–Kier alpha value is -2.88. The minimum atomic E-state index is -3.77. The molecule has 7 nitrogen and oxygen atoms in total. The molecule has 2 aromatic rings. The highest BCUT2D eigenvalue weighted by Crippen LogP contribution is 2.41. The van der Waals surface area contributed by atoms with Gasteiger partial charge in [-0.3, -0.25) is 13.4 Å². The summed E-state index contributed by atoms with van der Waals surface area (Å²) in [7, 11) is -1.14. The molecule has 2 aromatic carbocycles. The van der Waals surface area contributed by atoms with E-state index in [9.17, 15) is 22.0 Å². The van der Waals surface area contributed by atoms with Gasteiger partial charge in [-0.25, -0.2) is 8.78 Å². The SMILES string of the molecule is C[C@@H](Oc1ccccc1F)C(=O)Nc1cc2c(cc1F)N(C)S(=O)(=O)N2C. The molecule has 0 fully saturated rings. The summed E-state index contributed by atoms with van der Waals surface area (Å²) in [5.74, 6) is -2.26. The van der Waals surface area contributed by atoms with Gasteiger partial charge in [0.05, 0.1) is 17.1 Å². The molecule has 0 spiro atoms. The van der Waals surface area contributed by atoms with Gasteiger partial charge in [-0.2, -0.15) is 8.42 Å². The standard InChI is InChI=1S/C17H17F2N3O4S/c1-10(26-16-7-5-4-6-11(16)18)17(23)20-13-9-15-14(8-12(13)19)21(2)27(24,25)22(15)3/h4-10H,1-3H3,(H,20,23)/t10-/m1/s1. The minimum absolute atomic E-state index is 0.109. The summed E-state index contributed by atoms with van der Waals surface area (Å²) < 4.78 is 59.4. The lowest BCUT2D eigenvalue weighted by atomic mass is 10.2. The van der Waals surface area contributed by atoms with Crippen molar-refractivity contribution in [2.45, 2.75) is 13.0 Å². The molecule has 1 amide bonds. The fourth-order valence-corrected chi connectivity index (χ4v) is 3.76. The summed E-state index contributed by atoms with van der Waals surface area (Å²) in [6.45, 7) is 1.39. The van der Waals surface area contributed by atoms with E-state index in [1.54, 1.807) is 6.07 Å². The average molecular weight is 397 g/mol. The maximum Gasteiger partial charge on any atom is 0.326 e. The summed E-state index contributed by atoms with van der Waals surface area (Å²) in [4.78, 5) is 12.3. The zero-order valence-corrected chi connectivity index (χ0v) is 15.5. The van der Waals surface area contributed by atoms with Crippen molar-refractivity contribution in [3.8, 4) is 5.75 Å². The van der Waals surface area contributed by atoms with Crippen molar-refractivity contribution in [3.05, 3.63) is 48.0 Å². The highest BCUT2D eigenvalue weighted by atomic mass is 32.2. The van der Waals surface area contributed by atoms with Gasteiger partial charge in [-0.05, 0) is 25.1 Å². The number of rotatable bonds is 4. The first kappa shape index (κ1) is 18.9. The molecule has 1 N–H and O–H groups in total. The van der Waals surface area contributed by atoms with Gasteiger partial charge in [0.2, 0.25) is 0 Å². The van der Waals surface area contributed by atoms with Crippen molar-refractivity contribution in [1.29, 1.82) is 0 Å². The normalized spacial score (nSPS) is 16.0. The fraction of sp³-hybridized carbons (Fsp3) is 0.235. The topological polar surface area (TPSA) is 79.0 Å². The van der Waals surface area contributed by atoms with Crippen molar-refractivity contribution in [3.63, 3.8) is 0 Å². The van der Waals surface area contributed by atoms with Crippen LogP contribution in [0.1, 0.15) is 6.92 Å². The number of carbonyl (C=O) groups is 1. The summed E-state index contributed by atoms with van der Waals surface area (Å²) >= 11 is 0. The maximum absolute atomic E-state index is 14.4. The largest absolute Gasteiger partial charge is 0.478 e. The molecule has 27 heavy (non-hydrogen) atoms. The van der Waals surface area contributed by atoms with E-state index in [-0.39, 0.29) is 22.8 Å². The molecule has 0 radical (unpaired) electrons. The Bertz CT molecular complexity index is 1010. The van der Waals surface area contributed by atoms with Crippen LogP contribution in [0.25, 0.3) is 0 Å². The monoisotopic (exact) mass is 397 g/mol. The lowest BCUT2D eigenvalue weighted by molar-refractivity contribution is -0.122. The van der Waals surface area contributed by atoms with Crippen LogP contribution in [0.15, 0.2) is 36.4 Å². The lowest BCUT2D eigenvalue weighted by Crippen LogP contribution is -2.32. The minimum Gasteiger partial charge on any atom is -0.478 e. The number of halogens is 2. The quantitative estimate of drug-likeness (QED) is 0.860. The van der Waals surface area contributed by atoms with Crippen molar-refractivity contribution in [2.24, 2.45) is 0 Å². The number of nitrogens with zero attached hydrogens (tertiary/aromatic N) is 2. The van der Waals surface area contributed by atoms with Gasteiger partial charge in [0.25, 0.3) is 5.91 Å². The van der Waals surface area contributed by atoms with Crippen LogP contribution in [0, 0.1) is 11.6 Å². The van der Waals surface area contributed by atoms with Crippen LogP contribution in [0.2, 0.25) is 0 Å². The van der Waals surface area contributed by atoms with Gasteiger partial charge in [0.1, 0.15) is 5.82 Å². The van der Waals surface area contributed by atoms with E-state index in [0.29, 0.717) is 0 Å². The first-order valence-electron chi connectivity index (χ1n) is 7.91. The molecule has 1 atom stereocenters. The van der Waals surface area contributed by atoms with E-state index in [0.717, 1.165) is 14.7 Å². The van der Waals surface area contributed by atoms with Gasteiger partial charge < -0.3 is 10.1 Å². The number of hydrogen-bond donors (Lipinski definition) is 1. The predicted molar refractivity (Wildman–Crippen MR) is 97.2 cm³/mol. The van der Waals surface area contributed by atoms with E-state index in [4.69, 9.17) is 4.74 Å². The maximum atomic E-state index is 14.4. The van der Waals surface area contributed by atoms with Crippen molar-refractivity contribution < 1.29 is 26.7 Å². The molecule has 0 saturated carbocycles. The number of nitrogens with one attached hydrogen (secondary N) is 1. The molecule has 10 heteroatoms. The van der Waals surface area contributed by atoms with Crippen LogP contribution < -0.4 is 18.7 Å². The highest BCUT2D eigenvalue weighted by Gasteiger charge is 2.36. The molecule has 1 aliphatic heterocycles. The number of amides is 1.